The van der Waals surface area contributed by atoms with Crippen molar-refractivity contribution in [1.29, 1.82) is 0 Å². The van der Waals surface area contributed by atoms with Crippen LogP contribution < -0.4 is 0 Å². The number of amides is 1. The lowest BCUT2D eigenvalue weighted by atomic mass is 9.86. The van der Waals surface area contributed by atoms with Crippen molar-refractivity contribution in [3.8, 4) is 5.69 Å². The van der Waals surface area contributed by atoms with Crippen LogP contribution in [-0.4, -0.2) is 27.6 Å². The van der Waals surface area contributed by atoms with Crippen LogP contribution in [0.4, 0.5) is 0 Å². The highest BCUT2D eigenvalue weighted by molar-refractivity contribution is 5.75. The topological polar surface area (TPSA) is 38.1 Å². The first-order valence-electron chi connectivity index (χ1n) is 9.05. The van der Waals surface area contributed by atoms with Crippen molar-refractivity contribution < 1.29 is 4.79 Å². The quantitative estimate of drug-likeness (QED) is 0.798. The number of hydrogen-bond donors (Lipinski definition) is 0. The molecule has 4 heteroatoms. The van der Waals surface area contributed by atoms with E-state index >= 15 is 0 Å². The van der Waals surface area contributed by atoms with Gasteiger partial charge in [0.2, 0.25) is 5.91 Å². The average Bonchev–Trinajstić information content (AvgIpc) is 3.10. The van der Waals surface area contributed by atoms with E-state index in [4.69, 9.17) is 0 Å². The molecule has 0 aliphatic heterocycles. The summed E-state index contributed by atoms with van der Waals surface area (Å²) in [4.78, 5) is 14.2. The lowest BCUT2D eigenvalue weighted by Crippen LogP contribution is -2.26. The molecular formula is C20H27N3O. The van der Waals surface area contributed by atoms with Crippen LogP contribution in [0.3, 0.4) is 0 Å². The van der Waals surface area contributed by atoms with E-state index in [-0.39, 0.29) is 5.91 Å². The minimum absolute atomic E-state index is 0.244. The number of benzene rings is 1. The van der Waals surface area contributed by atoms with Crippen molar-refractivity contribution in [1.82, 2.24) is 14.7 Å². The zero-order valence-electron chi connectivity index (χ0n) is 14.5. The molecule has 2 aromatic rings. The highest BCUT2D eigenvalue weighted by Gasteiger charge is 2.17. The summed E-state index contributed by atoms with van der Waals surface area (Å²) >= 11 is 0. The Bertz CT molecular complexity index is 644. The monoisotopic (exact) mass is 325 g/mol. The van der Waals surface area contributed by atoms with Gasteiger partial charge >= 0.3 is 0 Å². The summed E-state index contributed by atoms with van der Waals surface area (Å²) in [5.41, 5.74) is 2.10. The molecule has 1 aliphatic rings. The number of aromatic nitrogens is 2. The summed E-state index contributed by atoms with van der Waals surface area (Å²) in [6, 6.07) is 10.0. The molecule has 0 atom stereocenters. The molecule has 0 saturated heterocycles. The Morgan fingerprint density at radius 1 is 1.21 bits per heavy atom. The molecule has 4 nitrogen and oxygen atoms in total. The summed E-state index contributed by atoms with van der Waals surface area (Å²) in [6.07, 6.45) is 12.2. The fourth-order valence-electron chi connectivity index (χ4n) is 3.52. The molecule has 1 heterocycles. The van der Waals surface area contributed by atoms with E-state index in [0.717, 1.165) is 23.6 Å². The largest absolute Gasteiger partial charge is 0.341 e. The normalized spacial score (nSPS) is 15.4. The van der Waals surface area contributed by atoms with Crippen LogP contribution in [-0.2, 0) is 11.3 Å². The molecule has 0 unspecified atom stereocenters. The van der Waals surface area contributed by atoms with Crippen molar-refractivity contribution in [2.24, 2.45) is 5.92 Å². The Morgan fingerprint density at radius 3 is 2.71 bits per heavy atom. The Kier molecular flexibility index (Phi) is 5.68. The maximum Gasteiger partial charge on any atom is 0.222 e. The molecule has 3 rings (SSSR count). The molecule has 1 aliphatic carbocycles. The van der Waals surface area contributed by atoms with Gasteiger partial charge in [0.25, 0.3) is 0 Å². The highest BCUT2D eigenvalue weighted by atomic mass is 16.2. The number of rotatable bonds is 6. The third kappa shape index (κ3) is 4.47. The van der Waals surface area contributed by atoms with Gasteiger partial charge in [-0.15, -0.1) is 0 Å². The molecule has 0 bridgehead atoms. The van der Waals surface area contributed by atoms with Crippen LogP contribution in [0.2, 0.25) is 0 Å². The molecule has 0 radical (unpaired) electrons. The number of hydrogen-bond acceptors (Lipinski definition) is 2. The zero-order valence-corrected chi connectivity index (χ0v) is 14.5. The molecule has 1 aromatic carbocycles. The predicted molar refractivity (Wildman–Crippen MR) is 95.8 cm³/mol. The Balaban J connectivity index is 1.50. The van der Waals surface area contributed by atoms with Crippen LogP contribution in [0.25, 0.3) is 5.69 Å². The van der Waals surface area contributed by atoms with Gasteiger partial charge in [0.05, 0.1) is 11.9 Å². The minimum Gasteiger partial charge on any atom is -0.341 e. The first-order chi connectivity index (χ1) is 11.7. The van der Waals surface area contributed by atoms with Crippen LogP contribution in [0, 0.1) is 5.92 Å². The molecule has 1 fully saturated rings. The summed E-state index contributed by atoms with van der Waals surface area (Å²) in [7, 11) is 1.89. The van der Waals surface area contributed by atoms with Crippen molar-refractivity contribution in [3.05, 3.63) is 48.3 Å². The Hall–Kier alpha value is -2.10. The van der Waals surface area contributed by atoms with Gasteiger partial charge in [-0.2, -0.15) is 5.10 Å². The summed E-state index contributed by atoms with van der Waals surface area (Å²) in [6.45, 7) is 0.621. The minimum atomic E-state index is 0.244. The van der Waals surface area contributed by atoms with Gasteiger partial charge in [-0.25, -0.2) is 4.68 Å². The van der Waals surface area contributed by atoms with Gasteiger partial charge in [0.1, 0.15) is 0 Å². The summed E-state index contributed by atoms with van der Waals surface area (Å²) < 4.78 is 1.86. The SMILES string of the molecule is CN(Cc1cnn(-c2ccccc2)c1)C(=O)CCC1CCCCC1. The van der Waals surface area contributed by atoms with Gasteiger partial charge in [-0.3, -0.25) is 4.79 Å². The number of nitrogens with zero attached hydrogens (tertiary/aromatic N) is 3. The molecule has 1 saturated carbocycles. The second-order valence-corrected chi connectivity index (χ2v) is 6.92. The number of para-hydroxylation sites is 1. The molecule has 1 aromatic heterocycles. The van der Waals surface area contributed by atoms with E-state index in [1.807, 2.05) is 59.4 Å². The zero-order chi connectivity index (χ0) is 16.8. The average molecular weight is 325 g/mol. The van der Waals surface area contributed by atoms with Crippen LogP contribution >= 0.6 is 0 Å². The molecule has 128 valence electrons. The highest BCUT2D eigenvalue weighted by Crippen LogP contribution is 2.27. The van der Waals surface area contributed by atoms with Gasteiger partial charge < -0.3 is 4.90 Å². The second kappa shape index (κ2) is 8.13. The van der Waals surface area contributed by atoms with Crippen molar-refractivity contribution in [2.45, 2.75) is 51.5 Å². The third-order valence-electron chi connectivity index (χ3n) is 4.99. The van der Waals surface area contributed by atoms with Crippen LogP contribution in [0.1, 0.15) is 50.5 Å². The molecule has 24 heavy (non-hydrogen) atoms. The maximum atomic E-state index is 12.4. The van der Waals surface area contributed by atoms with Gasteiger partial charge in [-0.1, -0.05) is 50.3 Å². The first kappa shape index (κ1) is 16.7. The second-order valence-electron chi connectivity index (χ2n) is 6.92. The first-order valence-corrected chi connectivity index (χ1v) is 9.05. The molecular weight excluding hydrogens is 298 g/mol. The Labute approximate surface area is 144 Å². The van der Waals surface area contributed by atoms with Crippen molar-refractivity contribution in [3.63, 3.8) is 0 Å². The molecule has 1 amide bonds. The molecule has 0 spiro atoms. The number of carbonyl (C=O) groups is 1. The van der Waals surface area contributed by atoms with Crippen LogP contribution in [0.15, 0.2) is 42.7 Å². The van der Waals surface area contributed by atoms with Gasteiger partial charge in [-0.05, 0) is 24.5 Å². The summed E-state index contributed by atoms with van der Waals surface area (Å²) in [5, 5.41) is 4.40. The van der Waals surface area contributed by atoms with Crippen LogP contribution in [0.5, 0.6) is 0 Å². The van der Waals surface area contributed by atoms with E-state index in [1.54, 1.807) is 0 Å². The van der Waals surface area contributed by atoms with Gasteiger partial charge in [0.15, 0.2) is 0 Å². The Morgan fingerprint density at radius 2 is 1.96 bits per heavy atom. The predicted octanol–water partition coefficient (Wildman–Crippen LogP) is 4.19. The maximum absolute atomic E-state index is 12.4. The van der Waals surface area contributed by atoms with E-state index in [2.05, 4.69) is 5.10 Å². The van der Waals surface area contributed by atoms with Crippen molar-refractivity contribution >= 4 is 5.91 Å². The van der Waals surface area contributed by atoms with Crippen molar-refractivity contribution in [2.75, 3.05) is 7.05 Å². The summed E-state index contributed by atoms with van der Waals surface area (Å²) in [5.74, 6) is 1.00. The fourth-order valence-corrected chi connectivity index (χ4v) is 3.52. The van der Waals surface area contributed by atoms with E-state index < -0.39 is 0 Å². The lowest BCUT2D eigenvalue weighted by molar-refractivity contribution is -0.130. The third-order valence-corrected chi connectivity index (χ3v) is 4.99. The van der Waals surface area contributed by atoms with E-state index in [0.29, 0.717) is 13.0 Å². The molecule has 0 N–H and O–H groups in total. The lowest BCUT2D eigenvalue weighted by Gasteiger charge is -2.22. The van der Waals surface area contributed by atoms with E-state index in [9.17, 15) is 4.79 Å². The van der Waals surface area contributed by atoms with Gasteiger partial charge in [0, 0.05) is 31.8 Å². The van der Waals surface area contributed by atoms with E-state index in [1.165, 1.54) is 32.1 Å². The standard InChI is InChI=1S/C20H27N3O/c1-22(20(24)13-12-17-8-4-2-5-9-17)15-18-14-21-23(16-18)19-10-6-3-7-11-19/h3,6-7,10-11,14,16-17H,2,4-5,8-9,12-13,15H2,1H3. The number of carbonyl (C=O) groups excluding carboxylic acids is 1. The fraction of sp³-hybridized carbons (Fsp3) is 0.500. The smallest absolute Gasteiger partial charge is 0.222 e.